The quantitative estimate of drug-likeness (QED) is 0.403. The minimum Gasteiger partial charge on any atom is -0.496 e. The third kappa shape index (κ3) is 3.95. The molecule has 1 aliphatic heterocycles. The predicted octanol–water partition coefficient (Wildman–Crippen LogP) is 5.12. The van der Waals surface area contributed by atoms with Crippen LogP contribution in [-0.2, 0) is 0 Å². The molecule has 0 amide bonds. The summed E-state index contributed by atoms with van der Waals surface area (Å²) in [4.78, 5) is 17.8. The number of methoxy groups -OCH3 is 2. The molecule has 1 aromatic heterocycles. The molecule has 0 unspecified atom stereocenters. The molecule has 4 rings (SSSR count). The van der Waals surface area contributed by atoms with Crippen molar-refractivity contribution in [3.8, 4) is 22.8 Å². The number of thiazole rings is 1. The van der Waals surface area contributed by atoms with E-state index in [2.05, 4.69) is 10.3 Å². The molecule has 1 aliphatic rings. The first-order valence-corrected chi connectivity index (χ1v) is 10.6. The van der Waals surface area contributed by atoms with E-state index in [4.69, 9.17) is 14.5 Å². The predicted molar refractivity (Wildman–Crippen MR) is 118 cm³/mol. The van der Waals surface area contributed by atoms with E-state index in [0.717, 1.165) is 53.6 Å². The van der Waals surface area contributed by atoms with Gasteiger partial charge in [0.05, 0.1) is 29.8 Å². The van der Waals surface area contributed by atoms with Gasteiger partial charge in [0.25, 0.3) is 0 Å². The average molecular weight is 426 g/mol. The minimum absolute atomic E-state index is 0.0113. The number of nitro benzene ring substituents is 1. The van der Waals surface area contributed by atoms with Gasteiger partial charge in [0.1, 0.15) is 5.75 Å². The maximum absolute atomic E-state index is 11.1. The van der Waals surface area contributed by atoms with E-state index in [9.17, 15) is 10.1 Å². The Bertz CT molecular complexity index is 1040. The van der Waals surface area contributed by atoms with E-state index in [1.165, 1.54) is 13.2 Å². The monoisotopic (exact) mass is 425 g/mol. The molecule has 156 valence electrons. The largest absolute Gasteiger partial charge is 0.496 e. The van der Waals surface area contributed by atoms with Crippen molar-refractivity contribution in [2.75, 3.05) is 32.2 Å². The van der Waals surface area contributed by atoms with Gasteiger partial charge in [0, 0.05) is 47.8 Å². The van der Waals surface area contributed by atoms with Gasteiger partial charge >= 0.3 is 5.69 Å². The van der Waals surface area contributed by atoms with E-state index in [1.54, 1.807) is 30.6 Å². The lowest BCUT2D eigenvalue weighted by molar-refractivity contribution is -0.385. The summed E-state index contributed by atoms with van der Waals surface area (Å²) in [5.74, 6) is 1.53. The first kappa shape index (κ1) is 20.2. The molecule has 0 atom stereocenters. The molecule has 0 aliphatic carbocycles. The zero-order valence-electron chi connectivity index (χ0n) is 16.9. The van der Waals surface area contributed by atoms with Gasteiger partial charge in [-0.3, -0.25) is 10.1 Å². The Labute approximate surface area is 179 Å². The van der Waals surface area contributed by atoms with Gasteiger partial charge in [0.2, 0.25) is 0 Å². The van der Waals surface area contributed by atoms with Crippen molar-refractivity contribution in [1.82, 2.24) is 4.98 Å². The molecule has 0 saturated carbocycles. The van der Waals surface area contributed by atoms with Gasteiger partial charge in [-0.25, -0.2) is 4.98 Å². The Kier molecular flexibility index (Phi) is 5.85. The molecular weight excluding hydrogens is 402 g/mol. The van der Waals surface area contributed by atoms with Crippen LogP contribution in [0.1, 0.15) is 23.8 Å². The lowest BCUT2D eigenvalue weighted by atomic mass is 9.97. The fourth-order valence-corrected chi connectivity index (χ4v) is 4.84. The second-order valence-electron chi connectivity index (χ2n) is 7.15. The minimum atomic E-state index is -0.420. The van der Waals surface area contributed by atoms with Gasteiger partial charge in [-0.2, -0.15) is 0 Å². The van der Waals surface area contributed by atoms with Crippen LogP contribution in [0.15, 0.2) is 47.8 Å². The SMILES string of the molecule is COc1ccccc1-c1csc(C2CCN(c3ccc([N+](=O)[O-])c(OC)c3)CC2)n1. The lowest BCUT2D eigenvalue weighted by Gasteiger charge is -2.33. The number of nitrogens with zero attached hydrogens (tertiary/aromatic N) is 3. The second kappa shape index (κ2) is 8.71. The Morgan fingerprint density at radius 3 is 2.53 bits per heavy atom. The third-order valence-corrected chi connectivity index (χ3v) is 6.48. The van der Waals surface area contributed by atoms with Crippen molar-refractivity contribution in [2.45, 2.75) is 18.8 Å². The van der Waals surface area contributed by atoms with Crippen LogP contribution in [0, 0.1) is 10.1 Å². The van der Waals surface area contributed by atoms with Crippen LogP contribution in [0.3, 0.4) is 0 Å². The highest BCUT2D eigenvalue weighted by molar-refractivity contribution is 7.10. The van der Waals surface area contributed by atoms with Crippen molar-refractivity contribution in [3.05, 3.63) is 63.0 Å². The maximum Gasteiger partial charge on any atom is 0.311 e. The standard InChI is InChI=1S/C22H23N3O4S/c1-28-20-6-4-3-5-17(20)18-14-30-22(23-18)15-9-11-24(12-10-15)16-7-8-19(25(26)27)21(13-16)29-2/h3-8,13-15H,9-12H2,1-2H3. The normalized spacial score (nSPS) is 14.5. The molecule has 30 heavy (non-hydrogen) atoms. The molecule has 0 bridgehead atoms. The van der Waals surface area contributed by atoms with Gasteiger partial charge in [0.15, 0.2) is 5.75 Å². The summed E-state index contributed by atoms with van der Waals surface area (Å²) in [7, 11) is 3.13. The van der Waals surface area contributed by atoms with Gasteiger partial charge in [-0.1, -0.05) is 12.1 Å². The zero-order valence-corrected chi connectivity index (χ0v) is 17.7. The summed E-state index contributed by atoms with van der Waals surface area (Å²) in [6.45, 7) is 1.74. The van der Waals surface area contributed by atoms with E-state index in [0.29, 0.717) is 11.7 Å². The number of ether oxygens (including phenoxy) is 2. The molecule has 2 heterocycles. The van der Waals surface area contributed by atoms with Crippen LogP contribution in [-0.4, -0.2) is 37.2 Å². The van der Waals surface area contributed by atoms with Crippen molar-refractivity contribution >= 4 is 22.7 Å². The van der Waals surface area contributed by atoms with Gasteiger partial charge in [-0.05, 0) is 31.0 Å². The smallest absolute Gasteiger partial charge is 0.311 e. The topological polar surface area (TPSA) is 77.7 Å². The number of rotatable bonds is 6. The van der Waals surface area contributed by atoms with Crippen LogP contribution < -0.4 is 14.4 Å². The third-order valence-electron chi connectivity index (χ3n) is 5.47. The number of hydrogen-bond acceptors (Lipinski definition) is 7. The fourth-order valence-electron chi connectivity index (χ4n) is 3.85. The summed E-state index contributed by atoms with van der Waals surface area (Å²) in [6.07, 6.45) is 1.97. The van der Waals surface area contributed by atoms with Crippen molar-refractivity contribution < 1.29 is 14.4 Å². The summed E-state index contributed by atoms with van der Waals surface area (Å²) < 4.78 is 10.7. The highest BCUT2D eigenvalue weighted by Gasteiger charge is 2.25. The molecule has 2 aromatic carbocycles. The fraction of sp³-hybridized carbons (Fsp3) is 0.318. The number of para-hydroxylation sites is 1. The highest BCUT2D eigenvalue weighted by Crippen LogP contribution is 2.38. The van der Waals surface area contributed by atoms with Crippen LogP contribution in [0.4, 0.5) is 11.4 Å². The summed E-state index contributed by atoms with van der Waals surface area (Å²) >= 11 is 1.70. The number of piperidine rings is 1. The Hall–Kier alpha value is -3.13. The molecular formula is C22H23N3O4S. The first-order valence-electron chi connectivity index (χ1n) is 9.77. The molecule has 7 nitrogen and oxygen atoms in total. The molecule has 0 radical (unpaired) electrons. The van der Waals surface area contributed by atoms with E-state index < -0.39 is 4.92 Å². The summed E-state index contributed by atoms with van der Waals surface area (Å²) in [5.41, 5.74) is 2.90. The highest BCUT2D eigenvalue weighted by atomic mass is 32.1. The van der Waals surface area contributed by atoms with Crippen LogP contribution in [0.5, 0.6) is 11.5 Å². The number of hydrogen-bond donors (Lipinski definition) is 0. The first-order chi connectivity index (χ1) is 14.6. The molecule has 0 N–H and O–H groups in total. The van der Waals surface area contributed by atoms with Crippen LogP contribution >= 0.6 is 11.3 Å². The van der Waals surface area contributed by atoms with Gasteiger partial charge < -0.3 is 14.4 Å². The molecule has 8 heteroatoms. The zero-order chi connectivity index (χ0) is 21.1. The van der Waals surface area contributed by atoms with E-state index in [-0.39, 0.29) is 5.69 Å². The van der Waals surface area contributed by atoms with Gasteiger partial charge in [-0.15, -0.1) is 11.3 Å². The number of benzene rings is 2. The Balaban J connectivity index is 1.45. The van der Waals surface area contributed by atoms with E-state index in [1.807, 2.05) is 24.3 Å². The Morgan fingerprint density at radius 2 is 1.83 bits per heavy atom. The number of aromatic nitrogens is 1. The molecule has 0 spiro atoms. The van der Waals surface area contributed by atoms with Crippen molar-refractivity contribution in [3.63, 3.8) is 0 Å². The van der Waals surface area contributed by atoms with Crippen LogP contribution in [0.2, 0.25) is 0 Å². The summed E-state index contributed by atoms with van der Waals surface area (Å²) in [5, 5.41) is 14.4. The van der Waals surface area contributed by atoms with E-state index >= 15 is 0 Å². The number of anilines is 1. The molecule has 1 saturated heterocycles. The second-order valence-corrected chi connectivity index (χ2v) is 8.04. The molecule has 1 fully saturated rings. The average Bonchev–Trinajstić information content (AvgIpc) is 3.28. The number of nitro groups is 1. The van der Waals surface area contributed by atoms with Crippen molar-refractivity contribution in [2.24, 2.45) is 0 Å². The maximum atomic E-state index is 11.1. The van der Waals surface area contributed by atoms with Crippen molar-refractivity contribution in [1.29, 1.82) is 0 Å². The molecule has 3 aromatic rings. The lowest BCUT2D eigenvalue weighted by Crippen LogP contribution is -2.32. The Morgan fingerprint density at radius 1 is 1.10 bits per heavy atom. The summed E-state index contributed by atoms with van der Waals surface area (Å²) in [6, 6.07) is 13.0. The van der Waals surface area contributed by atoms with Crippen LogP contribution in [0.25, 0.3) is 11.3 Å².